The average molecular weight is 821 g/mol. The van der Waals surface area contributed by atoms with Gasteiger partial charge in [-0.15, -0.1) is 9.98 Å². The highest BCUT2D eigenvalue weighted by Crippen LogP contribution is 2.11. The lowest BCUT2D eigenvalue weighted by Crippen LogP contribution is -2.42. The minimum Gasteiger partial charge on any atom is -0.444 e. The van der Waals surface area contributed by atoms with E-state index >= 15 is 0 Å². The lowest BCUT2D eigenvalue weighted by Gasteiger charge is -2.12. The smallest absolute Gasteiger partial charge is 0.437 e. The highest BCUT2D eigenvalue weighted by atomic mass is 16.6. The van der Waals surface area contributed by atoms with E-state index in [1.54, 1.807) is 0 Å². The molecule has 0 atom stereocenters. The molecule has 4 rings (SSSR count). The first-order chi connectivity index (χ1) is 29.4. The van der Waals surface area contributed by atoms with Crippen LogP contribution in [0, 0.1) is 0 Å². The summed E-state index contributed by atoms with van der Waals surface area (Å²) in [5.41, 5.74) is 3.31. The van der Waals surface area contributed by atoms with E-state index in [2.05, 4.69) is 31.3 Å². The topological polar surface area (TPSA) is 178 Å². The first kappa shape index (κ1) is 46.0. The molecule has 0 fully saturated rings. The molecule has 0 aromatic heterocycles. The van der Waals surface area contributed by atoms with Gasteiger partial charge in [0.1, 0.15) is 26.4 Å². The molecule has 0 bridgehead atoms. The molecule has 4 aromatic rings. The van der Waals surface area contributed by atoms with Crippen molar-refractivity contribution < 1.29 is 38.1 Å². The zero-order valence-corrected chi connectivity index (χ0v) is 34.0. The molecule has 4 N–H and O–H groups in total. The Hall–Kier alpha value is -6.70. The molecule has 14 nitrogen and oxygen atoms in total. The van der Waals surface area contributed by atoms with Gasteiger partial charge < -0.3 is 29.6 Å². The fraction of sp³-hybridized carbons (Fsp3) is 0.348. The average Bonchev–Trinajstić information content (AvgIpc) is 3.27. The van der Waals surface area contributed by atoms with Gasteiger partial charge in [0.25, 0.3) is 0 Å². The van der Waals surface area contributed by atoms with Gasteiger partial charge in [-0.25, -0.2) is 19.2 Å². The summed E-state index contributed by atoms with van der Waals surface area (Å²) >= 11 is 0. The van der Waals surface area contributed by atoms with E-state index in [1.165, 1.54) is 0 Å². The van der Waals surface area contributed by atoms with Crippen molar-refractivity contribution in [2.45, 2.75) is 90.6 Å². The summed E-state index contributed by atoms with van der Waals surface area (Å²) in [5, 5.41) is 11.1. The number of hydrogen-bond donors (Lipinski definition) is 4. The summed E-state index contributed by atoms with van der Waals surface area (Å²) in [4.78, 5) is 57.7. The van der Waals surface area contributed by atoms with E-state index in [0.717, 1.165) is 86.5 Å². The number of guanidine groups is 2. The van der Waals surface area contributed by atoms with Gasteiger partial charge in [0.05, 0.1) is 0 Å². The van der Waals surface area contributed by atoms with Crippen LogP contribution in [0.3, 0.4) is 0 Å². The maximum absolute atomic E-state index is 12.5. The zero-order chi connectivity index (χ0) is 42.3. The van der Waals surface area contributed by atoms with Gasteiger partial charge in [0.2, 0.25) is 11.9 Å². The predicted molar refractivity (Wildman–Crippen MR) is 230 cm³/mol. The molecule has 0 saturated carbocycles. The Morgan fingerprint density at radius 1 is 0.367 bits per heavy atom. The second-order valence-corrected chi connectivity index (χ2v) is 13.8. The number of hydrogen-bond acceptors (Lipinski definition) is 8. The number of rotatable bonds is 21. The Morgan fingerprint density at radius 3 is 0.933 bits per heavy atom. The molecule has 4 amide bonds. The third-order valence-electron chi connectivity index (χ3n) is 8.87. The van der Waals surface area contributed by atoms with E-state index in [1.807, 2.05) is 121 Å². The van der Waals surface area contributed by atoms with Crippen LogP contribution >= 0.6 is 0 Å². The number of nitrogens with zero attached hydrogens (tertiary/aromatic N) is 2. The van der Waals surface area contributed by atoms with Crippen molar-refractivity contribution in [2.75, 3.05) is 13.1 Å². The molecule has 60 heavy (non-hydrogen) atoms. The molecule has 14 heteroatoms. The highest BCUT2D eigenvalue weighted by Gasteiger charge is 2.13. The van der Waals surface area contributed by atoms with Gasteiger partial charge in [-0.1, -0.05) is 173 Å². The Kier molecular flexibility index (Phi) is 22.0. The van der Waals surface area contributed by atoms with E-state index in [4.69, 9.17) is 18.9 Å². The Balaban J connectivity index is 1.08. The summed E-state index contributed by atoms with van der Waals surface area (Å²) in [7, 11) is 0. The Morgan fingerprint density at radius 2 is 0.633 bits per heavy atom. The van der Waals surface area contributed by atoms with Crippen molar-refractivity contribution in [3.05, 3.63) is 144 Å². The first-order valence-electron chi connectivity index (χ1n) is 20.4. The van der Waals surface area contributed by atoms with Crippen molar-refractivity contribution in [1.29, 1.82) is 0 Å². The Bertz CT molecular complexity index is 1760. The second-order valence-electron chi connectivity index (χ2n) is 13.8. The number of benzene rings is 4. The summed E-state index contributed by atoms with van der Waals surface area (Å²) in [6, 6.07) is 37.1. The summed E-state index contributed by atoms with van der Waals surface area (Å²) in [6.07, 6.45) is 7.02. The van der Waals surface area contributed by atoms with Crippen molar-refractivity contribution in [2.24, 2.45) is 9.98 Å². The molecule has 0 saturated heterocycles. The molecule has 0 unspecified atom stereocenters. The molecule has 0 aliphatic rings. The summed E-state index contributed by atoms with van der Waals surface area (Å²) < 4.78 is 21.1. The number of alkyl carbamates (subject to hydrolysis) is 2. The fourth-order valence-corrected chi connectivity index (χ4v) is 5.70. The van der Waals surface area contributed by atoms with Crippen LogP contribution in [0.1, 0.15) is 86.5 Å². The minimum absolute atomic E-state index is 0.0243. The number of nitrogens with one attached hydrogen (secondary N) is 4. The fourth-order valence-electron chi connectivity index (χ4n) is 5.70. The third-order valence-corrected chi connectivity index (χ3v) is 8.87. The molecule has 0 radical (unpaired) electrons. The maximum Gasteiger partial charge on any atom is 0.437 e. The third kappa shape index (κ3) is 21.2. The van der Waals surface area contributed by atoms with Crippen LogP contribution in [0.5, 0.6) is 0 Å². The lowest BCUT2D eigenvalue weighted by atomic mass is 10.1. The van der Waals surface area contributed by atoms with E-state index in [9.17, 15) is 19.2 Å². The van der Waals surface area contributed by atoms with Crippen molar-refractivity contribution >= 4 is 36.3 Å². The van der Waals surface area contributed by atoms with Crippen LogP contribution in [0.2, 0.25) is 0 Å². The van der Waals surface area contributed by atoms with E-state index in [0.29, 0.717) is 13.1 Å². The summed E-state index contributed by atoms with van der Waals surface area (Å²) in [6.45, 7) is 1.28. The molecular weight excluding hydrogens is 765 g/mol. The van der Waals surface area contributed by atoms with Gasteiger partial charge >= 0.3 is 24.4 Å². The SMILES string of the molecule is O=C(N=C(NCCCCCCCCCCCCNC(=NC(=O)OCc1ccccc1)NC(=O)OCc1ccccc1)NC(=O)OCc1ccccc1)OCc1ccccc1. The van der Waals surface area contributed by atoms with Gasteiger partial charge in [-0.3, -0.25) is 10.6 Å². The quantitative estimate of drug-likeness (QED) is 0.0274. The van der Waals surface area contributed by atoms with Crippen molar-refractivity contribution in [3.63, 3.8) is 0 Å². The van der Waals surface area contributed by atoms with E-state index in [-0.39, 0.29) is 38.3 Å². The number of carbonyl (C=O) groups is 4. The van der Waals surface area contributed by atoms with Crippen LogP contribution in [0.4, 0.5) is 19.2 Å². The van der Waals surface area contributed by atoms with Gasteiger partial charge in [0.15, 0.2) is 0 Å². The van der Waals surface area contributed by atoms with Crippen LogP contribution in [0.25, 0.3) is 0 Å². The largest absolute Gasteiger partial charge is 0.444 e. The molecule has 0 aliphatic heterocycles. The number of ether oxygens (including phenoxy) is 4. The number of aliphatic imine (C=N–C) groups is 2. The van der Waals surface area contributed by atoms with Crippen molar-refractivity contribution in [3.8, 4) is 0 Å². The molecule has 0 spiro atoms. The predicted octanol–water partition coefficient (Wildman–Crippen LogP) is 9.31. The number of unbranched alkanes of at least 4 members (excludes halogenated alkanes) is 9. The zero-order valence-electron chi connectivity index (χ0n) is 34.0. The lowest BCUT2D eigenvalue weighted by molar-refractivity contribution is 0.143. The molecule has 4 aromatic carbocycles. The number of amides is 4. The van der Waals surface area contributed by atoms with Crippen LogP contribution in [-0.2, 0) is 45.4 Å². The molecule has 0 aliphatic carbocycles. The van der Waals surface area contributed by atoms with E-state index < -0.39 is 24.4 Å². The molecular formula is C46H56N6O8. The van der Waals surface area contributed by atoms with Crippen LogP contribution in [-0.4, -0.2) is 49.4 Å². The first-order valence-corrected chi connectivity index (χ1v) is 20.4. The van der Waals surface area contributed by atoms with Crippen LogP contribution < -0.4 is 21.3 Å². The molecule has 0 heterocycles. The van der Waals surface area contributed by atoms with Crippen LogP contribution in [0.15, 0.2) is 131 Å². The van der Waals surface area contributed by atoms with Gasteiger partial charge in [-0.05, 0) is 35.1 Å². The second kappa shape index (κ2) is 28.7. The monoisotopic (exact) mass is 820 g/mol. The van der Waals surface area contributed by atoms with Crippen molar-refractivity contribution in [1.82, 2.24) is 21.3 Å². The van der Waals surface area contributed by atoms with Gasteiger partial charge in [0, 0.05) is 13.1 Å². The minimum atomic E-state index is -0.829. The highest BCUT2D eigenvalue weighted by molar-refractivity contribution is 5.99. The maximum atomic E-state index is 12.5. The number of carbonyl (C=O) groups excluding carboxylic acids is 4. The standard InChI is InChI=1S/C46H56N6O8/c53-43(57-33-37-23-13-9-14-24-37)49-41(50-44(54)58-34-38-25-15-10-16-26-38)47-31-21-7-5-3-1-2-4-6-8-22-32-48-42(51-45(55)59-35-39-27-17-11-18-28-39)52-46(56)60-36-40-29-19-12-20-30-40/h9-20,23-30H,1-8,21-22,31-36H2,(H2,47,49,50,53,54)(H2,48,51,52,55,56). The summed E-state index contributed by atoms with van der Waals surface area (Å²) in [5.74, 6) is -0.0486. The Labute approximate surface area is 352 Å². The normalized spacial score (nSPS) is 11.2. The van der Waals surface area contributed by atoms with Gasteiger partial charge in [-0.2, -0.15) is 0 Å². The molecule has 318 valence electrons.